The van der Waals surface area contributed by atoms with Crippen molar-refractivity contribution in [3.8, 4) is 0 Å². The lowest BCUT2D eigenvalue weighted by Gasteiger charge is -2.31. The number of amides is 1. The topological polar surface area (TPSA) is 64.6 Å². The molecule has 1 amide bonds. The lowest BCUT2D eigenvalue weighted by atomic mass is 9.95. The van der Waals surface area contributed by atoms with Gasteiger partial charge < -0.3 is 10.1 Å². The SMILES string of the molecule is CCOC(=O)c1c(NC(=O)C(F)(F)C2(F)OC(F)(F)C(F)(F)C2(F)F)sc2c1CCCC2. The number of esters is 1. The Morgan fingerprint density at radius 2 is 1.66 bits per heavy atom. The molecular formula is C17H14F9NO4S. The molecule has 1 aliphatic carbocycles. The lowest BCUT2D eigenvalue weighted by Crippen LogP contribution is -2.63. The summed E-state index contributed by atoms with van der Waals surface area (Å²) >= 11 is 0.588. The van der Waals surface area contributed by atoms with Crippen LogP contribution in [-0.4, -0.2) is 48.2 Å². The zero-order valence-electron chi connectivity index (χ0n) is 16.0. The predicted octanol–water partition coefficient (Wildman–Crippen LogP) is 4.94. The highest BCUT2D eigenvalue weighted by Crippen LogP contribution is 2.64. The molecule has 1 unspecified atom stereocenters. The van der Waals surface area contributed by atoms with Crippen molar-refractivity contribution < 1.29 is 58.6 Å². The Morgan fingerprint density at radius 3 is 2.19 bits per heavy atom. The number of carbonyl (C=O) groups excluding carboxylic acids is 2. The highest BCUT2D eigenvalue weighted by Gasteiger charge is 2.96. The van der Waals surface area contributed by atoms with Crippen molar-refractivity contribution in [2.45, 2.75) is 62.3 Å². The third-order valence-electron chi connectivity index (χ3n) is 5.00. The van der Waals surface area contributed by atoms with Gasteiger partial charge >= 0.3 is 41.6 Å². The predicted molar refractivity (Wildman–Crippen MR) is 90.3 cm³/mol. The molecule has 2 aliphatic rings. The van der Waals surface area contributed by atoms with Gasteiger partial charge in [-0.05, 0) is 38.2 Å². The number of aryl methyl sites for hydroxylation is 1. The highest BCUT2D eigenvalue weighted by atomic mass is 32.1. The van der Waals surface area contributed by atoms with Crippen LogP contribution < -0.4 is 5.32 Å². The summed E-state index contributed by atoms with van der Waals surface area (Å²) in [6, 6.07) is 0. The first-order valence-electron chi connectivity index (χ1n) is 9.08. The minimum Gasteiger partial charge on any atom is -0.462 e. The van der Waals surface area contributed by atoms with Gasteiger partial charge in [-0.1, -0.05) is 0 Å². The van der Waals surface area contributed by atoms with Crippen LogP contribution in [0.3, 0.4) is 0 Å². The van der Waals surface area contributed by atoms with Gasteiger partial charge in [0.2, 0.25) is 0 Å². The van der Waals surface area contributed by atoms with Crippen LogP contribution in [-0.2, 0) is 27.1 Å². The van der Waals surface area contributed by atoms with E-state index in [0.717, 1.165) is 0 Å². The van der Waals surface area contributed by atoms with E-state index in [-0.39, 0.29) is 13.0 Å². The number of carbonyl (C=O) groups is 2. The summed E-state index contributed by atoms with van der Waals surface area (Å²) in [5, 5.41) is 0.678. The summed E-state index contributed by atoms with van der Waals surface area (Å²) in [4.78, 5) is 24.7. The second-order valence-corrected chi connectivity index (χ2v) is 8.13. The van der Waals surface area contributed by atoms with E-state index in [1.807, 2.05) is 0 Å². The first kappa shape index (κ1) is 24.6. The monoisotopic (exact) mass is 499 g/mol. The molecule has 1 atom stereocenters. The Bertz CT molecular complexity index is 949. The summed E-state index contributed by atoms with van der Waals surface area (Å²) in [7, 11) is 0. The van der Waals surface area contributed by atoms with Crippen molar-refractivity contribution in [1.82, 2.24) is 0 Å². The normalized spacial score (nSPS) is 25.8. The molecule has 3 rings (SSSR count). The standard InChI is InChI=1S/C17H14F9NO4S/c1-2-30-11(28)9-7-5-3-4-6-8(7)32-10(9)27-12(29)13(18,19)16(24)14(20,21)15(22,23)17(25,26)31-16/h2-6H2,1H3,(H,27,29). The van der Waals surface area contributed by atoms with Gasteiger partial charge in [0.05, 0.1) is 12.2 Å². The Balaban J connectivity index is 2.00. The van der Waals surface area contributed by atoms with E-state index in [1.54, 1.807) is 0 Å². The van der Waals surface area contributed by atoms with Gasteiger partial charge in [0.15, 0.2) is 0 Å². The highest BCUT2D eigenvalue weighted by molar-refractivity contribution is 7.17. The first-order chi connectivity index (χ1) is 14.5. The Kier molecular flexibility index (Phi) is 5.77. The lowest BCUT2D eigenvalue weighted by molar-refractivity contribution is -0.366. The molecule has 0 radical (unpaired) electrons. The van der Waals surface area contributed by atoms with E-state index in [9.17, 15) is 49.1 Å². The van der Waals surface area contributed by atoms with Gasteiger partial charge in [-0.15, -0.1) is 11.3 Å². The number of fused-ring (bicyclic) bond motifs is 1. The van der Waals surface area contributed by atoms with Gasteiger partial charge in [0, 0.05) is 4.88 Å². The van der Waals surface area contributed by atoms with E-state index in [2.05, 4.69) is 4.74 Å². The molecule has 5 nitrogen and oxygen atoms in total. The third kappa shape index (κ3) is 3.18. The second-order valence-electron chi connectivity index (χ2n) is 7.03. The van der Waals surface area contributed by atoms with E-state index >= 15 is 0 Å². The van der Waals surface area contributed by atoms with Crippen LogP contribution in [0.15, 0.2) is 0 Å². The number of hydrogen-bond donors (Lipinski definition) is 1. The number of ether oxygens (including phenoxy) is 2. The van der Waals surface area contributed by atoms with Gasteiger partial charge in [-0.2, -0.15) is 39.5 Å². The van der Waals surface area contributed by atoms with E-state index in [4.69, 9.17) is 4.74 Å². The average Bonchev–Trinajstić information content (AvgIpc) is 3.08. The van der Waals surface area contributed by atoms with E-state index in [1.165, 1.54) is 12.2 Å². The third-order valence-corrected chi connectivity index (χ3v) is 6.21. The fourth-order valence-corrected chi connectivity index (χ4v) is 4.62. The van der Waals surface area contributed by atoms with Crippen molar-refractivity contribution >= 4 is 28.2 Å². The van der Waals surface area contributed by atoms with Crippen LogP contribution in [0.25, 0.3) is 0 Å². The number of hydrogen-bond acceptors (Lipinski definition) is 5. The summed E-state index contributed by atoms with van der Waals surface area (Å²) < 4.78 is 131. The van der Waals surface area contributed by atoms with Crippen LogP contribution in [0.4, 0.5) is 44.5 Å². The Labute approximate surface area is 177 Å². The van der Waals surface area contributed by atoms with E-state index < -0.39 is 52.2 Å². The second kappa shape index (κ2) is 7.50. The molecule has 2 heterocycles. The van der Waals surface area contributed by atoms with Crippen molar-refractivity contribution in [1.29, 1.82) is 0 Å². The molecule has 0 aromatic carbocycles. The largest absolute Gasteiger partial charge is 0.462 e. The molecule has 0 saturated carbocycles. The molecule has 32 heavy (non-hydrogen) atoms. The van der Waals surface area contributed by atoms with Gasteiger partial charge in [0.1, 0.15) is 5.00 Å². The van der Waals surface area contributed by atoms with Crippen molar-refractivity contribution in [2.75, 3.05) is 11.9 Å². The maximum absolute atomic E-state index is 14.4. The smallest absolute Gasteiger partial charge is 0.428 e. The van der Waals surface area contributed by atoms with Crippen LogP contribution in [0.5, 0.6) is 0 Å². The number of alkyl halides is 9. The fraction of sp³-hybridized carbons (Fsp3) is 0.647. The summed E-state index contributed by atoms with van der Waals surface area (Å²) in [6.07, 6.45) is -4.48. The quantitative estimate of drug-likeness (QED) is 0.461. The summed E-state index contributed by atoms with van der Waals surface area (Å²) in [6.45, 7) is 1.25. The first-order valence-corrected chi connectivity index (χ1v) is 9.90. The van der Waals surface area contributed by atoms with Crippen LogP contribution in [0.2, 0.25) is 0 Å². The molecular weight excluding hydrogens is 485 g/mol. The summed E-state index contributed by atoms with van der Waals surface area (Å²) in [5.74, 6) is -30.1. The number of nitrogens with one attached hydrogen (secondary N) is 1. The molecule has 15 heteroatoms. The maximum atomic E-state index is 14.4. The maximum Gasteiger partial charge on any atom is 0.428 e. The van der Waals surface area contributed by atoms with Crippen LogP contribution in [0, 0.1) is 0 Å². The number of halogens is 9. The molecule has 1 fully saturated rings. The van der Waals surface area contributed by atoms with Crippen LogP contribution >= 0.6 is 11.3 Å². The Morgan fingerprint density at radius 1 is 1.06 bits per heavy atom. The van der Waals surface area contributed by atoms with Gasteiger partial charge in [0.25, 0.3) is 0 Å². The zero-order valence-corrected chi connectivity index (χ0v) is 16.8. The number of rotatable bonds is 5. The van der Waals surface area contributed by atoms with E-state index in [0.29, 0.717) is 41.0 Å². The zero-order chi connectivity index (χ0) is 24.3. The van der Waals surface area contributed by atoms with Crippen molar-refractivity contribution in [2.24, 2.45) is 0 Å². The number of thiophene rings is 1. The minimum atomic E-state index is -6.79. The fourth-order valence-electron chi connectivity index (χ4n) is 3.35. The van der Waals surface area contributed by atoms with Gasteiger partial charge in [-0.25, -0.2) is 4.79 Å². The van der Waals surface area contributed by atoms with Gasteiger partial charge in [-0.3, -0.25) is 9.53 Å². The van der Waals surface area contributed by atoms with Crippen molar-refractivity contribution in [3.63, 3.8) is 0 Å². The summed E-state index contributed by atoms with van der Waals surface area (Å²) in [5.41, 5.74) is -0.0628. The molecule has 1 aromatic heterocycles. The van der Waals surface area contributed by atoms with Crippen molar-refractivity contribution in [3.05, 3.63) is 16.0 Å². The number of anilines is 1. The molecule has 180 valence electrons. The average molecular weight is 499 g/mol. The molecule has 0 spiro atoms. The van der Waals surface area contributed by atoms with Crippen LogP contribution in [0.1, 0.15) is 40.6 Å². The molecule has 0 bridgehead atoms. The molecule has 1 aromatic rings. The Hall–Kier alpha value is -2.03. The molecule has 1 aliphatic heterocycles. The minimum absolute atomic E-state index is 0.162. The molecule has 1 N–H and O–H groups in total. The molecule has 1 saturated heterocycles.